The Hall–Kier alpha value is -1.55. The number of methoxy groups -OCH3 is 1. The first kappa shape index (κ1) is 13.9. The molecule has 1 aliphatic rings. The van der Waals surface area contributed by atoms with Gasteiger partial charge < -0.3 is 14.2 Å². The van der Waals surface area contributed by atoms with Crippen molar-refractivity contribution in [3.8, 4) is 5.75 Å². The van der Waals surface area contributed by atoms with Crippen LogP contribution in [0.15, 0.2) is 24.3 Å². The second-order valence-corrected chi connectivity index (χ2v) is 4.72. The Bertz CT molecular complexity index is 409. The molecule has 1 heterocycles. The summed E-state index contributed by atoms with van der Waals surface area (Å²) in [6.45, 7) is 3.72. The van der Waals surface area contributed by atoms with Gasteiger partial charge in [-0.2, -0.15) is 0 Å². The highest BCUT2D eigenvalue weighted by molar-refractivity contribution is 5.78. The van der Waals surface area contributed by atoms with Crippen LogP contribution in [0.4, 0.5) is 0 Å². The first-order chi connectivity index (χ1) is 9.24. The molecule has 0 radical (unpaired) electrons. The summed E-state index contributed by atoms with van der Waals surface area (Å²) in [5, 5.41) is 0. The van der Waals surface area contributed by atoms with Gasteiger partial charge in [-0.25, -0.2) is 0 Å². The van der Waals surface area contributed by atoms with Crippen molar-refractivity contribution in [2.45, 2.75) is 19.3 Å². The molecule has 0 amide bonds. The van der Waals surface area contributed by atoms with Gasteiger partial charge >= 0.3 is 5.97 Å². The molecule has 0 aromatic heterocycles. The first-order valence-electron chi connectivity index (χ1n) is 6.63. The van der Waals surface area contributed by atoms with Crippen LogP contribution >= 0.6 is 0 Å². The second-order valence-electron chi connectivity index (χ2n) is 4.72. The van der Waals surface area contributed by atoms with Crippen molar-refractivity contribution in [1.82, 2.24) is 0 Å². The lowest BCUT2D eigenvalue weighted by Gasteiger charge is -2.29. The molecule has 19 heavy (non-hydrogen) atoms. The van der Waals surface area contributed by atoms with Crippen molar-refractivity contribution < 1.29 is 19.0 Å². The fourth-order valence-electron chi connectivity index (χ4n) is 2.20. The molecule has 104 valence electrons. The Balaban J connectivity index is 2.11. The van der Waals surface area contributed by atoms with E-state index >= 15 is 0 Å². The van der Waals surface area contributed by atoms with Gasteiger partial charge in [0.15, 0.2) is 0 Å². The van der Waals surface area contributed by atoms with Gasteiger partial charge in [0.2, 0.25) is 0 Å². The molecule has 1 atom stereocenters. The van der Waals surface area contributed by atoms with Crippen molar-refractivity contribution in [3.63, 3.8) is 0 Å². The standard InChI is InChI=1S/C15H20O4/c1-3-19-15(16)14(8-11-9-18-10-11)12-4-6-13(17-2)7-5-12/h4-7,11,14H,3,8-10H2,1-2H3. The van der Waals surface area contributed by atoms with Gasteiger partial charge in [-0.15, -0.1) is 0 Å². The quantitative estimate of drug-likeness (QED) is 0.740. The van der Waals surface area contributed by atoms with E-state index in [1.54, 1.807) is 7.11 Å². The summed E-state index contributed by atoms with van der Waals surface area (Å²) in [7, 11) is 1.63. The SMILES string of the molecule is CCOC(=O)C(CC1COC1)c1ccc(OC)cc1. The van der Waals surface area contributed by atoms with E-state index < -0.39 is 0 Å². The molecular formula is C15H20O4. The molecule has 4 nitrogen and oxygen atoms in total. The summed E-state index contributed by atoms with van der Waals surface area (Å²) in [5.41, 5.74) is 0.978. The van der Waals surface area contributed by atoms with Crippen LogP contribution in [0.5, 0.6) is 5.75 Å². The third-order valence-electron chi connectivity index (χ3n) is 3.37. The van der Waals surface area contributed by atoms with E-state index in [0.717, 1.165) is 30.9 Å². The zero-order valence-electron chi connectivity index (χ0n) is 11.4. The normalized spacial score (nSPS) is 16.5. The second kappa shape index (κ2) is 6.57. The van der Waals surface area contributed by atoms with Crippen molar-refractivity contribution >= 4 is 5.97 Å². The van der Waals surface area contributed by atoms with E-state index in [2.05, 4.69) is 0 Å². The maximum atomic E-state index is 12.1. The van der Waals surface area contributed by atoms with E-state index in [-0.39, 0.29) is 11.9 Å². The van der Waals surface area contributed by atoms with Gasteiger partial charge in [-0.1, -0.05) is 12.1 Å². The molecule has 4 heteroatoms. The van der Waals surface area contributed by atoms with Crippen molar-refractivity contribution in [2.24, 2.45) is 5.92 Å². The fourth-order valence-corrected chi connectivity index (χ4v) is 2.20. The average Bonchev–Trinajstić information content (AvgIpc) is 2.38. The van der Waals surface area contributed by atoms with Crippen LogP contribution in [0.2, 0.25) is 0 Å². The van der Waals surface area contributed by atoms with Crippen molar-refractivity contribution in [2.75, 3.05) is 26.9 Å². The summed E-state index contributed by atoms with van der Waals surface area (Å²) in [5.74, 6) is 0.883. The predicted molar refractivity (Wildman–Crippen MR) is 71.3 cm³/mol. The Morgan fingerprint density at radius 2 is 2.05 bits per heavy atom. The van der Waals surface area contributed by atoms with Crippen LogP contribution in [0, 0.1) is 5.92 Å². The summed E-state index contributed by atoms with van der Waals surface area (Å²) >= 11 is 0. The van der Waals surface area contributed by atoms with E-state index in [9.17, 15) is 4.79 Å². The molecule has 1 aromatic rings. The molecule has 2 rings (SSSR count). The highest BCUT2D eigenvalue weighted by atomic mass is 16.5. The summed E-state index contributed by atoms with van der Waals surface area (Å²) in [4.78, 5) is 12.1. The molecule has 0 aliphatic carbocycles. The number of rotatable bonds is 6. The maximum Gasteiger partial charge on any atom is 0.313 e. The highest BCUT2D eigenvalue weighted by Crippen LogP contribution is 2.30. The molecule has 1 saturated heterocycles. The molecule has 0 N–H and O–H groups in total. The van der Waals surface area contributed by atoms with E-state index in [0.29, 0.717) is 12.5 Å². The van der Waals surface area contributed by atoms with Crippen molar-refractivity contribution in [3.05, 3.63) is 29.8 Å². The molecule has 0 saturated carbocycles. The zero-order chi connectivity index (χ0) is 13.7. The number of ether oxygens (including phenoxy) is 3. The predicted octanol–water partition coefficient (Wildman–Crippen LogP) is 2.38. The smallest absolute Gasteiger partial charge is 0.313 e. The minimum absolute atomic E-state index is 0.153. The number of esters is 1. The van der Waals surface area contributed by atoms with E-state index in [4.69, 9.17) is 14.2 Å². The van der Waals surface area contributed by atoms with Crippen molar-refractivity contribution in [1.29, 1.82) is 0 Å². The van der Waals surface area contributed by atoms with E-state index in [1.807, 2.05) is 31.2 Å². The average molecular weight is 264 g/mol. The summed E-state index contributed by atoms with van der Waals surface area (Å²) in [6.07, 6.45) is 0.783. The van der Waals surface area contributed by atoms with Gasteiger partial charge in [0, 0.05) is 5.92 Å². The lowest BCUT2D eigenvalue weighted by molar-refractivity contribution is -0.146. The van der Waals surface area contributed by atoms with Gasteiger partial charge in [0.1, 0.15) is 5.75 Å². The molecule has 1 aliphatic heterocycles. The molecular weight excluding hydrogens is 244 g/mol. The number of carbonyl (C=O) groups is 1. The fraction of sp³-hybridized carbons (Fsp3) is 0.533. The third kappa shape index (κ3) is 3.47. The Morgan fingerprint density at radius 3 is 2.53 bits per heavy atom. The number of hydrogen-bond donors (Lipinski definition) is 0. The first-order valence-corrected chi connectivity index (χ1v) is 6.63. The number of carbonyl (C=O) groups excluding carboxylic acids is 1. The highest BCUT2D eigenvalue weighted by Gasteiger charge is 2.29. The largest absolute Gasteiger partial charge is 0.497 e. The molecule has 0 bridgehead atoms. The summed E-state index contributed by atoms with van der Waals surface area (Å²) in [6, 6.07) is 7.61. The minimum Gasteiger partial charge on any atom is -0.497 e. The Kier molecular flexibility index (Phi) is 4.80. The maximum absolute atomic E-state index is 12.1. The zero-order valence-corrected chi connectivity index (χ0v) is 11.4. The molecule has 1 unspecified atom stereocenters. The van der Waals surface area contributed by atoms with Crippen LogP contribution in [0.1, 0.15) is 24.8 Å². The van der Waals surface area contributed by atoms with Crippen LogP contribution < -0.4 is 4.74 Å². The number of benzene rings is 1. The minimum atomic E-state index is -0.209. The van der Waals surface area contributed by atoms with Gasteiger partial charge in [-0.3, -0.25) is 4.79 Å². The lowest BCUT2D eigenvalue weighted by Crippen LogP contribution is -2.31. The lowest BCUT2D eigenvalue weighted by atomic mass is 9.88. The molecule has 0 spiro atoms. The van der Waals surface area contributed by atoms with Crippen LogP contribution in [-0.4, -0.2) is 32.9 Å². The van der Waals surface area contributed by atoms with E-state index in [1.165, 1.54) is 0 Å². The Morgan fingerprint density at radius 1 is 1.37 bits per heavy atom. The van der Waals surface area contributed by atoms with Gasteiger partial charge in [-0.05, 0) is 31.0 Å². The molecule has 1 fully saturated rings. The van der Waals surface area contributed by atoms with Crippen LogP contribution in [0.25, 0.3) is 0 Å². The van der Waals surface area contributed by atoms with Gasteiger partial charge in [0.25, 0.3) is 0 Å². The van der Waals surface area contributed by atoms with Gasteiger partial charge in [0.05, 0.1) is 32.8 Å². The Labute approximate surface area is 113 Å². The number of hydrogen-bond acceptors (Lipinski definition) is 4. The monoisotopic (exact) mass is 264 g/mol. The third-order valence-corrected chi connectivity index (χ3v) is 3.37. The molecule has 1 aromatic carbocycles. The van der Waals surface area contributed by atoms with Crippen LogP contribution in [0.3, 0.4) is 0 Å². The van der Waals surface area contributed by atoms with Crippen LogP contribution in [-0.2, 0) is 14.3 Å². The summed E-state index contributed by atoms with van der Waals surface area (Å²) < 4.78 is 15.5. The topological polar surface area (TPSA) is 44.8 Å².